The van der Waals surface area contributed by atoms with E-state index < -0.39 is 0 Å². The average Bonchev–Trinajstić information content (AvgIpc) is 2.76. The first-order valence-electron chi connectivity index (χ1n) is 11.4. The van der Waals surface area contributed by atoms with Crippen LogP contribution in [0.1, 0.15) is 51.7 Å². The number of nitrogens with zero attached hydrogens (tertiary/aromatic N) is 3. The lowest BCUT2D eigenvalue weighted by Crippen LogP contribution is -2.47. The fourth-order valence-electron chi connectivity index (χ4n) is 4.93. The third-order valence-corrected chi connectivity index (χ3v) is 7.19. The quantitative estimate of drug-likeness (QED) is 0.707. The van der Waals surface area contributed by atoms with Gasteiger partial charge in [0.2, 0.25) is 0 Å². The Bertz CT molecular complexity index is 882. The summed E-state index contributed by atoms with van der Waals surface area (Å²) in [6.07, 6.45) is 2.48. The Morgan fingerprint density at radius 2 is 1.60 bits per heavy atom. The van der Waals surface area contributed by atoms with E-state index >= 15 is 0 Å². The van der Waals surface area contributed by atoms with Crippen LogP contribution in [0, 0.1) is 0 Å². The lowest BCUT2D eigenvalue weighted by molar-refractivity contribution is 0.144. The zero-order valence-electron chi connectivity index (χ0n) is 19.4. The number of fused-ring (bicyclic) bond motifs is 1. The van der Waals surface area contributed by atoms with Crippen molar-refractivity contribution >= 4 is 5.82 Å². The van der Waals surface area contributed by atoms with Crippen molar-refractivity contribution in [1.29, 1.82) is 0 Å². The summed E-state index contributed by atoms with van der Waals surface area (Å²) in [4.78, 5) is 9.95. The minimum atomic E-state index is 0.219. The van der Waals surface area contributed by atoms with E-state index in [4.69, 9.17) is 9.72 Å². The molecule has 2 heterocycles. The molecule has 0 radical (unpaired) electrons. The highest BCUT2D eigenvalue weighted by molar-refractivity contribution is 5.65. The summed E-state index contributed by atoms with van der Waals surface area (Å²) in [5.74, 6) is 1.09. The molecule has 0 unspecified atom stereocenters. The molecule has 0 amide bonds. The van der Waals surface area contributed by atoms with Crippen molar-refractivity contribution in [2.45, 2.75) is 51.4 Å². The summed E-state index contributed by atoms with van der Waals surface area (Å²) in [5, 5.41) is 0. The van der Waals surface area contributed by atoms with Crippen LogP contribution >= 0.6 is 0 Å². The highest BCUT2D eigenvalue weighted by atomic mass is 16.5. The second-order valence-corrected chi connectivity index (χ2v) is 10.2. The van der Waals surface area contributed by atoms with E-state index in [1.165, 1.54) is 29.5 Å². The first-order valence-corrected chi connectivity index (χ1v) is 11.4. The molecular weight excluding hydrogens is 370 g/mol. The summed E-state index contributed by atoms with van der Waals surface area (Å²) in [6, 6.07) is 13.5. The monoisotopic (exact) mass is 407 g/mol. The Hall–Kier alpha value is -1.91. The van der Waals surface area contributed by atoms with Crippen LogP contribution in [0.15, 0.2) is 36.4 Å². The SMILES string of the molecule is COCCN1CCN(c2cccc(-c3ccc4c(c3)C(C)(C)CCC4(C)C)n2)CC1. The van der Waals surface area contributed by atoms with E-state index in [1.54, 1.807) is 7.11 Å². The highest BCUT2D eigenvalue weighted by Gasteiger charge is 2.37. The number of ether oxygens (including phenoxy) is 1. The minimum absolute atomic E-state index is 0.219. The van der Waals surface area contributed by atoms with Crippen molar-refractivity contribution < 1.29 is 4.74 Å². The van der Waals surface area contributed by atoms with Gasteiger partial charge in [-0.1, -0.05) is 45.9 Å². The normalized spacial score (nSPS) is 20.8. The van der Waals surface area contributed by atoms with Gasteiger partial charge in [-0.25, -0.2) is 4.98 Å². The van der Waals surface area contributed by atoms with Gasteiger partial charge in [0.05, 0.1) is 12.3 Å². The topological polar surface area (TPSA) is 28.6 Å². The van der Waals surface area contributed by atoms with Crippen LogP contribution in [0.25, 0.3) is 11.3 Å². The van der Waals surface area contributed by atoms with Crippen LogP contribution in [-0.2, 0) is 15.6 Å². The van der Waals surface area contributed by atoms with Crippen molar-refractivity contribution in [3.05, 3.63) is 47.5 Å². The number of aromatic nitrogens is 1. The first-order chi connectivity index (χ1) is 14.3. The van der Waals surface area contributed by atoms with Crippen LogP contribution in [-0.4, -0.2) is 56.3 Å². The Morgan fingerprint density at radius 1 is 0.900 bits per heavy atom. The molecule has 0 bridgehead atoms. The Labute approximate surface area is 182 Å². The van der Waals surface area contributed by atoms with Gasteiger partial charge in [0, 0.05) is 45.4 Å². The van der Waals surface area contributed by atoms with Gasteiger partial charge in [0.1, 0.15) is 5.82 Å². The maximum absolute atomic E-state index is 5.22. The molecule has 0 N–H and O–H groups in total. The van der Waals surface area contributed by atoms with Crippen molar-refractivity contribution in [3.8, 4) is 11.3 Å². The number of rotatable bonds is 5. The number of hydrogen-bond donors (Lipinski definition) is 0. The summed E-state index contributed by atoms with van der Waals surface area (Å²) in [5.41, 5.74) is 5.79. The van der Waals surface area contributed by atoms with Crippen LogP contribution in [0.4, 0.5) is 5.82 Å². The molecule has 1 fully saturated rings. The molecule has 0 spiro atoms. The van der Waals surface area contributed by atoms with Gasteiger partial charge in [0.15, 0.2) is 0 Å². The Kier molecular flexibility index (Phi) is 5.91. The molecule has 30 heavy (non-hydrogen) atoms. The summed E-state index contributed by atoms with van der Waals surface area (Å²) >= 11 is 0. The van der Waals surface area contributed by atoms with Crippen molar-refractivity contribution in [1.82, 2.24) is 9.88 Å². The largest absolute Gasteiger partial charge is 0.383 e. The number of anilines is 1. The molecule has 4 heteroatoms. The molecule has 0 atom stereocenters. The van der Waals surface area contributed by atoms with Gasteiger partial charge < -0.3 is 9.64 Å². The van der Waals surface area contributed by atoms with E-state index in [1.807, 2.05) is 0 Å². The van der Waals surface area contributed by atoms with E-state index in [9.17, 15) is 0 Å². The van der Waals surface area contributed by atoms with Crippen LogP contribution < -0.4 is 4.90 Å². The molecule has 162 valence electrons. The van der Waals surface area contributed by atoms with E-state index in [0.29, 0.717) is 0 Å². The Balaban J connectivity index is 1.57. The number of hydrogen-bond acceptors (Lipinski definition) is 4. The fourth-order valence-corrected chi connectivity index (χ4v) is 4.93. The van der Waals surface area contributed by atoms with E-state index in [0.717, 1.165) is 50.8 Å². The lowest BCUT2D eigenvalue weighted by atomic mass is 9.63. The third kappa shape index (κ3) is 4.26. The smallest absolute Gasteiger partial charge is 0.129 e. The predicted molar refractivity (Wildman–Crippen MR) is 125 cm³/mol. The second kappa shape index (κ2) is 8.32. The van der Waals surface area contributed by atoms with Gasteiger partial charge in [0.25, 0.3) is 0 Å². The molecule has 1 saturated heterocycles. The summed E-state index contributed by atoms with van der Waals surface area (Å²) in [7, 11) is 1.77. The maximum atomic E-state index is 5.22. The number of piperazine rings is 1. The minimum Gasteiger partial charge on any atom is -0.383 e. The van der Waals surface area contributed by atoms with Gasteiger partial charge in [-0.15, -0.1) is 0 Å². The number of benzene rings is 1. The van der Waals surface area contributed by atoms with Crippen LogP contribution in [0.3, 0.4) is 0 Å². The van der Waals surface area contributed by atoms with Crippen LogP contribution in [0.5, 0.6) is 0 Å². The molecule has 2 aliphatic rings. The number of pyridine rings is 1. The van der Waals surface area contributed by atoms with Gasteiger partial charge >= 0.3 is 0 Å². The number of methoxy groups -OCH3 is 1. The average molecular weight is 408 g/mol. The third-order valence-electron chi connectivity index (χ3n) is 7.19. The lowest BCUT2D eigenvalue weighted by Gasteiger charge is -2.42. The predicted octanol–water partition coefficient (Wildman–Crippen LogP) is 4.87. The van der Waals surface area contributed by atoms with Crippen LogP contribution in [0.2, 0.25) is 0 Å². The molecule has 0 saturated carbocycles. The molecule has 2 aromatic rings. The first kappa shape index (κ1) is 21.3. The molecule has 1 aliphatic heterocycles. The standard InChI is InChI=1S/C26H37N3O/c1-25(2)11-12-26(3,4)22-19-20(9-10-21(22)25)23-7-6-8-24(27-23)29-15-13-28(14-16-29)17-18-30-5/h6-10,19H,11-18H2,1-5H3. The molecule has 1 aliphatic carbocycles. The zero-order chi connectivity index (χ0) is 21.4. The zero-order valence-corrected chi connectivity index (χ0v) is 19.4. The molecule has 4 nitrogen and oxygen atoms in total. The van der Waals surface area contributed by atoms with Gasteiger partial charge in [-0.3, -0.25) is 4.90 Å². The van der Waals surface area contributed by atoms with E-state index in [2.05, 4.69) is 73.9 Å². The molecular formula is C26H37N3O. The van der Waals surface area contributed by atoms with Gasteiger partial charge in [-0.2, -0.15) is 0 Å². The molecule has 1 aromatic carbocycles. The van der Waals surface area contributed by atoms with Gasteiger partial charge in [-0.05, 0) is 53.0 Å². The highest BCUT2D eigenvalue weighted by Crippen LogP contribution is 2.46. The fraction of sp³-hybridized carbons (Fsp3) is 0.577. The summed E-state index contributed by atoms with van der Waals surface area (Å²) in [6.45, 7) is 15.5. The van der Waals surface area contributed by atoms with Crippen molar-refractivity contribution in [3.63, 3.8) is 0 Å². The van der Waals surface area contributed by atoms with Crippen molar-refractivity contribution in [2.24, 2.45) is 0 Å². The maximum Gasteiger partial charge on any atom is 0.129 e. The second-order valence-electron chi connectivity index (χ2n) is 10.2. The molecule has 1 aromatic heterocycles. The van der Waals surface area contributed by atoms with E-state index in [-0.39, 0.29) is 10.8 Å². The molecule has 4 rings (SSSR count). The van der Waals surface area contributed by atoms with Crippen molar-refractivity contribution in [2.75, 3.05) is 51.3 Å². The Morgan fingerprint density at radius 3 is 2.30 bits per heavy atom. The summed E-state index contributed by atoms with van der Waals surface area (Å²) < 4.78 is 5.22.